The fourth-order valence-corrected chi connectivity index (χ4v) is 1.53. The van der Waals surface area contributed by atoms with E-state index in [1.165, 1.54) is 6.20 Å². The fourth-order valence-electron chi connectivity index (χ4n) is 1.53. The maximum atomic E-state index is 10.9. The number of nitrogens with zero attached hydrogens (tertiary/aromatic N) is 2. The van der Waals surface area contributed by atoms with Gasteiger partial charge in [-0.1, -0.05) is 0 Å². The minimum absolute atomic E-state index is 0.132. The minimum atomic E-state index is -0.372. The van der Waals surface area contributed by atoms with Crippen molar-refractivity contribution in [3.8, 4) is 0 Å². The van der Waals surface area contributed by atoms with E-state index in [2.05, 4.69) is 10.3 Å². The summed E-state index contributed by atoms with van der Waals surface area (Å²) in [5.74, 6) is 0. The van der Waals surface area contributed by atoms with E-state index in [1.54, 1.807) is 13.8 Å². The molecule has 94 valence electrons. The van der Waals surface area contributed by atoms with Crippen LogP contribution in [0.1, 0.15) is 16.8 Å². The summed E-state index contributed by atoms with van der Waals surface area (Å²) in [6.07, 6.45) is 1.52. The van der Waals surface area contributed by atoms with Gasteiger partial charge >= 0.3 is 0 Å². The van der Waals surface area contributed by atoms with Crippen molar-refractivity contribution in [2.24, 2.45) is 0 Å². The molecule has 0 aromatic carbocycles. The van der Waals surface area contributed by atoms with Crippen molar-refractivity contribution < 1.29 is 9.66 Å². The van der Waals surface area contributed by atoms with E-state index in [9.17, 15) is 10.1 Å². The van der Waals surface area contributed by atoms with Gasteiger partial charge in [-0.25, -0.2) is 0 Å². The highest BCUT2D eigenvalue weighted by Crippen LogP contribution is 2.24. The molecule has 1 N–H and O–H groups in total. The molecule has 0 aliphatic heterocycles. The predicted octanol–water partition coefficient (Wildman–Crippen LogP) is 1.34. The van der Waals surface area contributed by atoms with Crippen LogP contribution in [0.3, 0.4) is 0 Å². The smallest absolute Gasteiger partial charge is 0.278 e. The topological polar surface area (TPSA) is 77.3 Å². The highest BCUT2D eigenvalue weighted by Gasteiger charge is 2.18. The van der Waals surface area contributed by atoms with E-state index in [0.717, 1.165) is 6.54 Å². The molecule has 0 radical (unpaired) electrons. The molecule has 17 heavy (non-hydrogen) atoms. The lowest BCUT2D eigenvalue weighted by Crippen LogP contribution is -2.14. The molecule has 0 spiro atoms. The van der Waals surface area contributed by atoms with Crippen LogP contribution >= 0.6 is 0 Å². The van der Waals surface area contributed by atoms with Gasteiger partial charge in [0.05, 0.1) is 29.4 Å². The van der Waals surface area contributed by atoms with Gasteiger partial charge < -0.3 is 10.1 Å². The lowest BCUT2D eigenvalue weighted by molar-refractivity contribution is -0.386. The molecular weight excluding hydrogens is 222 g/mol. The van der Waals surface area contributed by atoms with Crippen molar-refractivity contribution in [3.63, 3.8) is 0 Å². The molecule has 0 atom stereocenters. The van der Waals surface area contributed by atoms with Crippen LogP contribution in [-0.2, 0) is 11.3 Å². The third kappa shape index (κ3) is 3.47. The van der Waals surface area contributed by atoms with Crippen molar-refractivity contribution >= 4 is 5.69 Å². The van der Waals surface area contributed by atoms with Crippen LogP contribution in [0.4, 0.5) is 5.69 Å². The predicted molar refractivity (Wildman–Crippen MR) is 63.9 cm³/mol. The van der Waals surface area contributed by atoms with Crippen LogP contribution < -0.4 is 5.32 Å². The van der Waals surface area contributed by atoms with Crippen LogP contribution in [-0.4, -0.2) is 30.1 Å². The first kappa shape index (κ1) is 13.5. The normalized spacial score (nSPS) is 10.5. The SMILES string of the molecule is CNCCOCc1ncc(C)c([N+](=O)[O-])c1C. The second-order valence-electron chi connectivity index (χ2n) is 3.77. The van der Waals surface area contributed by atoms with Gasteiger partial charge in [-0.15, -0.1) is 0 Å². The maximum absolute atomic E-state index is 10.9. The van der Waals surface area contributed by atoms with Crippen molar-refractivity contribution in [3.05, 3.63) is 33.1 Å². The molecule has 0 unspecified atom stereocenters. The van der Waals surface area contributed by atoms with Gasteiger partial charge in [-0.05, 0) is 20.9 Å². The molecule has 0 amide bonds. The second kappa shape index (κ2) is 6.27. The average Bonchev–Trinajstić information content (AvgIpc) is 2.26. The number of hydrogen-bond donors (Lipinski definition) is 1. The number of pyridine rings is 1. The van der Waals surface area contributed by atoms with Gasteiger partial charge in [0.1, 0.15) is 0 Å². The van der Waals surface area contributed by atoms with Gasteiger partial charge in [0.15, 0.2) is 0 Å². The van der Waals surface area contributed by atoms with E-state index in [4.69, 9.17) is 4.74 Å². The fraction of sp³-hybridized carbons (Fsp3) is 0.545. The van der Waals surface area contributed by atoms with E-state index in [1.807, 2.05) is 7.05 Å². The van der Waals surface area contributed by atoms with E-state index in [0.29, 0.717) is 30.0 Å². The van der Waals surface area contributed by atoms with Crippen molar-refractivity contribution in [1.29, 1.82) is 0 Å². The number of hydrogen-bond acceptors (Lipinski definition) is 5. The first-order chi connectivity index (χ1) is 8.07. The molecule has 0 aliphatic carbocycles. The Bertz CT molecular complexity index is 407. The van der Waals surface area contributed by atoms with Gasteiger partial charge in [-0.2, -0.15) is 0 Å². The molecule has 1 rings (SSSR count). The number of nitro groups is 1. The van der Waals surface area contributed by atoms with Crippen molar-refractivity contribution in [2.75, 3.05) is 20.2 Å². The van der Waals surface area contributed by atoms with Crippen molar-refractivity contribution in [1.82, 2.24) is 10.3 Å². The van der Waals surface area contributed by atoms with Crippen LogP contribution in [0, 0.1) is 24.0 Å². The molecule has 1 heterocycles. The average molecular weight is 239 g/mol. The minimum Gasteiger partial charge on any atom is -0.374 e. The Kier molecular flexibility index (Phi) is 4.99. The number of aryl methyl sites for hydroxylation is 1. The molecule has 1 aromatic heterocycles. The molecule has 6 heteroatoms. The Morgan fingerprint density at radius 2 is 2.24 bits per heavy atom. The van der Waals surface area contributed by atoms with Crippen LogP contribution in [0.5, 0.6) is 0 Å². The van der Waals surface area contributed by atoms with E-state index < -0.39 is 0 Å². The zero-order chi connectivity index (χ0) is 12.8. The van der Waals surface area contributed by atoms with Gasteiger partial charge in [-0.3, -0.25) is 15.1 Å². The third-order valence-electron chi connectivity index (χ3n) is 2.49. The largest absolute Gasteiger partial charge is 0.374 e. The van der Waals surface area contributed by atoms with E-state index >= 15 is 0 Å². The van der Waals surface area contributed by atoms with Crippen molar-refractivity contribution in [2.45, 2.75) is 20.5 Å². The molecule has 0 saturated heterocycles. The van der Waals surface area contributed by atoms with Gasteiger partial charge in [0, 0.05) is 18.3 Å². The lowest BCUT2D eigenvalue weighted by atomic mass is 10.1. The zero-order valence-corrected chi connectivity index (χ0v) is 10.3. The van der Waals surface area contributed by atoms with Gasteiger partial charge in [0.25, 0.3) is 5.69 Å². The molecule has 0 fully saturated rings. The Balaban J connectivity index is 2.80. The summed E-state index contributed by atoms with van der Waals surface area (Å²) in [5.41, 5.74) is 1.91. The molecule has 0 bridgehead atoms. The van der Waals surface area contributed by atoms with Crippen LogP contribution in [0.15, 0.2) is 6.20 Å². The molecular formula is C11H17N3O3. The summed E-state index contributed by atoms with van der Waals surface area (Å²) in [4.78, 5) is 14.7. The van der Waals surface area contributed by atoms with Gasteiger partial charge in [0.2, 0.25) is 0 Å². The van der Waals surface area contributed by atoms with Crippen LogP contribution in [0.2, 0.25) is 0 Å². The summed E-state index contributed by atoms with van der Waals surface area (Å²) in [6.45, 7) is 4.99. The third-order valence-corrected chi connectivity index (χ3v) is 2.49. The highest BCUT2D eigenvalue weighted by molar-refractivity contribution is 5.47. The quantitative estimate of drug-likeness (QED) is 0.460. The number of rotatable bonds is 6. The number of ether oxygens (including phenoxy) is 1. The molecule has 0 aliphatic rings. The standard InChI is InChI=1S/C11H17N3O3/c1-8-6-13-10(7-17-5-4-12-3)9(2)11(8)14(15)16/h6,12H,4-5,7H2,1-3H3. The Hall–Kier alpha value is -1.53. The van der Waals surface area contributed by atoms with E-state index in [-0.39, 0.29) is 10.6 Å². The summed E-state index contributed by atoms with van der Waals surface area (Å²) in [5, 5.41) is 13.9. The summed E-state index contributed by atoms with van der Waals surface area (Å²) < 4.78 is 5.37. The van der Waals surface area contributed by atoms with Crippen LogP contribution in [0.25, 0.3) is 0 Å². The maximum Gasteiger partial charge on any atom is 0.278 e. The summed E-state index contributed by atoms with van der Waals surface area (Å²) in [6, 6.07) is 0. The second-order valence-corrected chi connectivity index (χ2v) is 3.77. The first-order valence-electron chi connectivity index (χ1n) is 5.39. The molecule has 1 aromatic rings. The monoisotopic (exact) mass is 239 g/mol. The molecule has 6 nitrogen and oxygen atoms in total. The molecule has 0 saturated carbocycles. The Morgan fingerprint density at radius 1 is 1.53 bits per heavy atom. The number of aromatic nitrogens is 1. The number of likely N-dealkylation sites (N-methyl/N-ethyl adjacent to an activating group) is 1. The highest BCUT2D eigenvalue weighted by atomic mass is 16.6. The summed E-state index contributed by atoms with van der Waals surface area (Å²) in [7, 11) is 1.84. The summed E-state index contributed by atoms with van der Waals surface area (Å²) >= 11 is 0. The Morgan fingerprint density at radius 3 is 2.82 bits per heavy atom. The first-order valence-corrected chi connectivity index (χ1v) is 5.39. The Labute approximate surface area is 100 Å². The number of nitrogens with one attached hydrogen (secondary N) is 1. The zero-order valence-electron chi connectivity index (χ0n) is 10.3. The lowest BCUT2D eigenvalue weighted by Gasteiger charge is -2.08.